The van der Waals surface area contributed by atoms with Crippen molar-refractivity contribution in [1.29, 1.82) is 0 Å². The first-order valence-corrected chi connectivity index (χ1v) is 9.71. The zero-order valence-corrected chi connectivity index (χ0v) is 17.5. The van der Waals surface area contributed by atoms with Crippen molar-refractivity contribution in [3.63, 3.8) is 0 Å². The van der Waals surface area contributed by atoms with Gasteiger partial charge in [-0.1, -0.05) is 37.6 Å². The summed E-state index contributed by atoms with van der Waals surface area (Å²) in [6.45, 7) is 6.36. The van der Waals surface area contributed by atoms with Crippen LogP contribution in [0.3, 0.4) is 0 Å². The highest BCUT2D eigenvalue weighted by Crippen LogP contribution is 2.28. The third kappa shape index (κ3) is 4.88. The lowest BCUT2D eigenvalue weighted by Crippen LogP contribution is -2.12. The van der Waals surface area contributed by atoms with Gasteiger partial charge in [-0.3, -0.25) is 4.79 Å². The van der Waals surface area contributed by atoms with E-state index in [2.05, 4.69) is 31.1 Å². The third-order valence-electron chi connectivity index (χ3n) is 4.25. The molecule has 1 heterocycles. The molecule has 0 spiro atoms. The van der Waals surface area contributed by atoms with Crippen LogP contribution in [0, 0.1) is 11.8 Å². The van der Waals surface area contributed by atoms with Gasteiger partial charge in [-0.25, -0.2) is 4.68 Å². The van der Waals surface area contributed by atoms with Gasteiger partial charge in [0.25, 0.3) is 10.7 Å². The van der Waals surface area contributed by atoms with Gasteiger partial charge < -0.3 is 9.15 Å². The van der Waals surface area contributed by atoms with E-state index in [1.807, 2.05) is 13.0 Å². The Kier molecular flexibility index (Phi) is 6.31. The Morgan fingerprint density at radius 1 is 1.25 bits per heavy atom. The van der Waals surface area contributed by atoms with Crippen molar-refractivity contribution in [2.75, 3.05) is 0 Å². The summed E-state index contributed by atoms with van der Waals surface area (Å²) >= 11 is 11.0. The van der Waals surface area contributed by atoms with Crippen molar-refractivity contribution >= 4 is 29.6 Å². The molecule has 28 heavy (non-hydrogen) atoms. The van der Waals surface area contributed by atoms with E-state index in [1.54, 1.807) is 24.3 Å². The summed E-state index contributed by atoms with van der Waals surface area (Å²) in [5.74, 6) is 1.32. The fourth-order valence-corrected chi connectivity index (χ4v) is 3.08. The highest BCUT2D eigenvalue weighted by molar-refractivity contribution is 7.71. The van der Waals surface area contributed by atoms with Crippen LogP contribution in [0.15, 0.2) is 46.9 Å². The maximum atomic E-state index is 12.4. The van der Waals surface area contributed by atoms with Gasteiger partial charge in [-0.15, -0.1) is 5.10 Å². The van der Waals surface area contributed by atoms with Crippen LogP contribution in [0.25, 0.3) is 0 Å². The quantitative estimate of drug-likeness (QED) is 0.362. The fourth-order valence-electron chi connectivity index (χ4n) is 2.75. The molecule has 3 aromatic rings. The van der Waals surface area contributed by atoms with Crippen molar-refractivity contribution in [1.82, 2.24) is 9.78 Å². The topological polar surface area (TPSA) is 57.3 Å². The fraction of sp³-hybridized carbons (Fsp3) is 0.286. The molecule has 0 fully saturated rings. The zero-order valence-electron chi connectivity index (χ0n) is 15.9. The number of benzene rings is 2. The molecule has 7 heteroatoms. The molecule has 0 radical (unpaired) electrons. The van der Waals surface area contributed by atoms with Gasteiger partial charge in [0.15, 0.2) is 12.4 Å². The molecule has 146 valence electrons. The molecule has 2 aromatic carbocycles. The zero-order chi connectivity index (χ0) is 20.3. The summed E-state index contributed by atoms with van der Waals surface area (Å²) < 4.78 is 12.8. The van der Waals surface area contributed by atoms with E-state index in [-0.39, 0.29) is 23.8 Å². The predicted molar refractivity (Wildman–Crippen MR) is 111 cm³/mol. The molecule has 0 unspecified atom stereocenters. The molecule has 1 aromatic heterocycles. The summed E-state index contributed by atoms with van der Waals surface area (Å²) in [4.78, 5) is 12.5. The number of carbonyl (C=O) groups excluding carboxylic acids is 1. The summed E-state index contributed by atoms with van der Waals surface area (Å²) in [5.41, 5.74) is 2.76. The largest absolute Gasteiger partial charge is 0.484 e. The smallest absolute Gasteiger partial charge is 0.287 e. The number of hydrogen-bond donors (Lipinski definition) is 0. The van der Waals surface area contributed by atoms with E-state index in [1.165, 1.54) is 4.68 Å². The number of ether oxygens (including phenoxy) is 1. The second kappa shape index (κ2) is 8.71. The Labute approximate surface area is 173 Å². The summed E-state index contributed by atoms with van der Waals surface area (Å²) in [7, 11) is 0. The summed E-state index contributed by atoms with van der Waals surface area (Å²) in [6, 6.07) is 12.8. The molecular weight excluding hydrogens is 396 g/mol. The van der Waals surface area contributed by atoms with E-state index in [0.717, 1.165) is 16.9 Å². The van der Waals surface area contributed by atoms with Crippen molar-refractivity contribution in [3.05, 3.63) is 74.9 Å². The van der Waals surface area contributed by atoms with E-state index < -0.39 is 0 Å². The van der Waals surface area contributed by atoms with Crippen LogP contribution in [-0.2, 0) is 13.2 Å². The molecule has 0 aliphatic rings. The standard InChI is InChI=1S/C21H21ClN2O3S/c1-13(2)17-9-4-14(3)10-19(17)26-12-20-23-24(21(28)27-20)11-18(25)15-5-7-16(22)8-6-15/h4-10,13H,11-12H2,1-3H3. The first kappa shape index (κ1) is 20.3. The minimum atomic E-state index is -0.130. The van der Waals surface area contributed by atoms with Crippen LogP contribution in [0.4, 0.5) is 0 Å². The molecule has 0 aliphatic carbocycles. The van der Waals surface area contributed by atoms with E-state index >= 15 is 0 Å². The molecule has 0 bridgehead atoms. The van der Waals surface area contributed by atoms with Crippen molar-refractivity contribution in [3.8, 4) is 5.75 Å². The molecule has 0 saturated carbocycles. The number of carbonyl (C=O) groups is 1. The van der Waals surface area contributed by atoms with Gasteiger partial charge in [0.2, 0.25) is 0 Å². The number of aryl methyl sites for hydroxylation is 1. The lowest BCUT2D eigenvalue weighted by molar-refractivity contribution is 0.0966. The minimum absolute atomic E-state index is 0.00828. The number of rotatable bonds is 7. The van der Waals surface area contributed by atoms with Gasteiger partial charge in [0.05, 0.1) is 0 Å². The van der Waals surface area contributed by atoms with Crippen LogP contribution in [0.2, 0.25) is 5.02 Å². The monoisotopic (exact) mass is 416 g/mol. The molecule has 0 saturated heterocycles. The van der Waals surface area contributed by atoms with Gasteiger partial charge in [0, 0.05) is 10.6 Å². The van der Waals surface area contributed by atoms with Gasteiger partial charge in [-0.05, 0) is 66.5 Å². The van der Waals surface area contributed by atoms with Crippen LogP contribution in [0.5, 0.6) is 5.75 Å². The van der Waals surface area contributed by atoms with Crippen molar-refractivity contribution < 1.29 is 13.9 Å². The Balaban J connectivity index is 1.71. The second-order valence-corrected chi connectivity index (χ2v) is 7.62. The average Bonchev–Trinajstić information content (AvgIpc) is 2.99. The number of hydrogen-bond acceptors (Lipinski definition) is 5. The van der Waals surface area contributed by atoms with E-state index in [9.17, 15) is 4.79 Å². The lowest BCUT2D eigenvalue weighted by atomic mass is 10.0. The Hall–Kier alpha value is -2.44. The van der Waals surface area contributed by atoms with Crippen LogP contribution < -0.4 is 4.74 Å². The number of Topliss-reactive ketones (excluding diaryl/α,β-unsaturated/α-hetero) is 1. The van der Waals surface area contributed by atoms with Crippen molar-refractivity contribution in [2.24, 2.45) is 0 Å². The maximum absolute atomic E-state index is 12.4. The molecule has 0 amide bonds. The Bertz CT molecular complexity index is 1040. The maximum Gasteiger partial charge on any atom is 0.287 e. The second-order valence-electron chi connectivity index (χ2n) is 6.83. The molecule has 0 aliphatic heterocycles. The summed E-state index contributed by atoms with van der Waals surface area (Å²) in [6.07, 6.45) is 0. The number of nitrogens with zero attached hydrogens (tertiary/aromatic N) is 2. The molecule has 5 nitrogen and oxygen atoms in total. The Morgan fingerprint density at radius 3 is 2.64 bits per heavy atom. The van der Waals surface area contributed by atoms with Crippen LogP contribution in [-0.4, -0.2) is 15.6 Å². The van der Waals surface area contributed by atoms with Gasteiger partial charge >= 0.3 is 0 Å². The van der Waals surface area contributed by atoms with Crippen LogP contribution >= 0.6 is 23.8 Å². The average molecular weight is 417 g/mol. The van der Waals surface area contributed by atoms with E-state index in [4.69, 9.17) is 33.0 Å². The minimum Gasteiger partial charge on any atom is -0.484 e. The first-order chi connectivity index (χ1) is 13.3. The molecule has 0 atom stereocenters. The molecule has 3 rings (SSSR count). The highest BCUT2D eigenvalue weighted by atomic mass is 35.5. The predicted octanol–water partition coefficient (Wildman–Crippen LogP) is 5.75. The van der Waals surface area contributed by atoms with Gasteiger partial charge in [-0.2, -0.15) is 0 Å². The van der Waals surface area contributed by atoms with Crippen LogP contribution in [0.1, 0.15) is 47.1 Å². The van der Waals surface area contributed by atoms with Gasteiger partial charge in [0.1, 0.15) is 12.3 Å². The number of halogens is 1. The summed E-state index contributed by atoms with van der Waals surface area (Å²) in [5, 5.41) is 4.85. The lowest BCUT2D eigenvalue weighted by Gasteiger charge is -2.13. The normalized spacial score (nSPS) is 11.0. The first-order valence-electron chi connectivity index (χ1n) is 8.92. The highest BCUT2D eigenvalue weighted by Gasteiger charge is 2.14. The van der Waals surface area contributed by atoms with Crippen molar-refractivity contribution in [2.45, 2.75) is 39.8 Å². The number of aromatic nitrogens is 2. The van der Waals surface area contributed by atoms with E-state index in [0.29, 0.717) is 22.4 Å². The number of ketones is 1. The molecular formula is C21H21ClN2O3S. The molecule has 0 N–H and O–H groups in total. The third-order valence-corrected chi connectivity index (χ3v) is 4.80. The Morgan fingerprint density at radius 2 is 1.96 bits per heavy atom. The SMILES string of the molecule is Cc1ccc(C(C)C)c(OCc2nn(CC(=O)c3ccc(Cl)cc3)c(=S)o2)c1.